The number of pyridine rings is 1. The van der Waals surface area contributed by atoms with Crippen molar-refractivity contribution in [3.05, 3.63) is 17.8 Å². The molecule has 5 heteroatoms. The molecule has 1 fully saturated rings. The topological polar surface area (TPSA) is 51.7 Å². The van der Waals surface area contributed by atoms with Crippen molar-refractivity contribution in [2.75, 3.05) is 21.2 Å². The summed E-state index contributed by atoms with van der Waals surface area (Å²) in [5.74, 6) is 0.768. The van der Waals surface area contributed by atoms with Crippen LogP contribution in [0.5, 0.6) is 11.6 Å². The Labute approximate surface area is 100 Å². The Morgan fingerprint density at radius 3 is 2.65 bits per heavy atom. The molecule has 1 amide bonds. The maximum absolute atomic E-state index is 12.0. The minimum Gasteiger partial charge on any atom is -0.488 e. The Kier molecular flexibility index (Phi) is 3.17. The van der Waals surface area contributed by atoms with Gasteiger partial charge in [-0.1, -0.05) is 0 Å². The summed E-state index contributed by atoms with van der Waals surface area (Å²) in [6, 6.07) is 3.44. The van der Waals surface area contributed by atoms with Crippen molar-refractivity contribution in [2.45, 2.75) is 18.9 Å². The van der Waals surface area contributed by atoms with Crippen molar-refractivity contribution in [1.82, 2.24) is 9.88 Å². The third-order valence-corrected chi connectivity index (χ3v) is 2.47. The van der Waals surface area contributed by atoms with E-state index in [2.05, 4.69) is 4.98 Å². The van der Waals surface area contributed by atoms with Crippen molar-refractivity contribution in [3.8, 4) is 11.6 Å². The first-order valence-electron chi connectivity index (χ1n) is 5.55. The SMILES string of the molecule is COc1ccc(OC2CC2)c(C(=O)N(C)C)n1. The van der Waals surface area contributed by atoms with Crippen molar-refractivity contribution < 1.29 is 14.3 Å². The Bertz CT molecular complexity index is 428. The van der Waals surface area contributed by atoms with Crippen LogP contribution >= 0.6 is 0 Å². The average molecular weight is 236 g/mol. The number of ether oxygens (including phenoxy) is 2. The van der Waals surface area contributed by atoms with E-state index in [1.54, 1.807) is 26.2 Å². The second kappa shape index (κ2) is 4.61. The van der Waals surface area contributed by atoms with Gasteiger partial charge in [-0.2, -0.15) is 0 Å². The maximum atomic E-state index is 12.0. The lowest BCUT2D eigenvalue weighted by Crippen LogP contribution is -2.24. The highest BCUT2D eigenvalue weighted by molar-refractivity contribution is 5.94. The van der Waals surface area contributed by atoms with E-state index in [9.17, 15) is 4.79 Å². The molecule has 1 aromatic heterocycles. The molecule has 0 atom stereocenters. The molecule has 1 saturated carbocycles. The minimum absolute atomic E-state index is 0.181. The molecule has 0 unspecified atom stereocenters. The lowest BCUT2D eigenvalue weighted by Gasteiger charge is -2.14. The molecular weight excluding hydrogens is 220 g/mol. The van der Waals surface area contributed by atoms with Gasteiger partial charge in [-0.25, -0.2) is 4.98 Å². The predicted octanol–water partition coefficient (Wildman–Crippen LogP) is 1.33. The summed E-state index contributed by atoms with van der Waals surface area (Å²) in [4.78, 5) is 17.6. The average Bonchev–Trinajstić information content (AvgIpc) is 3.12. The normalized spacial score (nSPS) is 14.3. The number of rotatable bonds is 4. The van der Waals surface area contributed by atoms with E-state index < -0.39 is 0 Å². The molecule has 1 aromatic rings. The molecule has 1 aliphatic rings. The molecule has 0 aromatic carbocycles. The monoisotopic (exact) mass is 236 g/mol. The molecule has 0 aliphatic heterocycles. The zero-order chi connectivity index (χ0) is 12.4. The molecule has 0 N–H and O–H groups in total. The molecule has 92 valence electrons. The van der Waals surface area contributed by atoms with Crippen molar-refractivity contribution in [1.29, 1.82) is 0 Å². The number of carbonyl (C=O) groups is 1. The van der Waals surface area contributed by atoms with Gasteiger partial charge in [0.1, 0.15) is 0 Å². The Morgan fingerprint density at radius 1 is 1.41 bits per heavy atom. The molecule has 2 rings (SSSR count). The van der Waals surface area contributed by atoms with Crippen LogP contribution in [0.25, 0.3) is 0 Å². The smallest absolute Gasteiger partial charge is 0.275 e. The van der Waals surface area contributed by atoms with E-state index in [1.807, 2.05) is 0 Å². The Hall–Kier alpha value is -1.78. The second-order valence-electron chi connectivity index (χ2n) is 4.22. The van der Waals surface area contributed by atoms with Gasteiger partial charge in [0, 0.05) is 20.2 Å². The van der Waals surface area contributed by atoms with Gasteiger partial charge in [-0.3, -0.25) is 4.79 Å². The molecule has 17 heavy (non-hydrogen) atoms. The summed E-state index contributed by atoms with van der Waals surface area (Å²) < 4.78 is 10.7. The van der Waals surface area contributed by atoms with Gasteiger partial charge < -0.3 is 14.4 Å². The van der Waals surface area contributed by atoms with E-state index in [-0.39, 0.29) is 12.0 Å². The third-order valence-electron chi connectivity index (χ3n) is 2.47. The number of nitrogens with zero attached hydrogens (tertiary/aromatic N) is 2. The van der Waals surface area contributed by atoms with Crippen molar-refractivity contribution >= 4 is 5.91 Å². The number of hydrogen-bond donors (Lipinski definition) is 0. The molecule has 0 saturated heterocycles. The van der Waals surface area contributed by atoms with Gasteiger partial charge in [-0.15, -0.1) is 0 Å². The van der Waals surface area contributed by atoms with Crippen molar-refractivity contribution in [2.24, 2.45) is 0 Å². The van der Waals surface area contributed by atoms with Gasteiger partial charge in [0.15, 0.2) is 11.4 Å². The number of carbonyl (C=O) groups excluding carboxylic acids is 1. The van der Waals surface area contributed by atoms with Crippen LogP contribution in [0.4, 0.5) is 0 Å². The number of hydrogen-bond acceptors (Lipinski definition) is 4. The fourth-order valence-corrected chi connectivity index (χ4v) is 1.37. The first-order valence-corrected chi connectivity index (χ1v) is 5.55. The van der Waals surface area contributed by atoms with E-state index in [0.717, 1.165) is 12.8 Å². The molecule has 5 nitrogen and oxygen atoms in total. The van der Waals surface area contributed by atoms with Gasteiger partial charge in [0.05, 0.1) is 13.2 Å². The van der Waals surface area contributed by atoms with Crippen LogP contribution < -0.4 is 9.47 Å². The maximum Gasteiger partial charge on any atom is 0.275 e. The summed E-state index contributed by atoms with van der Waals surface area (Å²) in [6.07, 6.45) is 2.32. The van der Waals surface area contributed by atoms with Gasteiger partial charge >= 0.3 is 0 Å². The van der Waals surface area contributed by atoms with Crippen LogP contribution in [0, 0.1) is 0 Å². The highest BCUT2D eigenvalue weighted by Crippen LogP contribution is 2.30. The first-order chi connectivity index (χ1) is 8.11. The lowest BCUT2D eigenvalue weighted by atomic mass is 10.3. The summed E-state index contributed by atoms with van der Waals surface area (Å²) in [5, 5.41) is 0. The fraction of sp³-hybridized carbons (Fsp3) is 0.500. The molecule has 0 radical (unpaired) electrons. The van der Waals surface area contributed by atoms with Crippen LogP contribution in [-0.4, -0.2) is 43.1 Å². The van der Waals surface area contributed by atoms with E-state index in [4.69, 9.17) is 9.47 Å². The first kappa shape index (κ1) is 11.7. The third kappa shape index (κ3) is 2.67. The molecule has 1 heterocycles. The molecule has 0 bridgehead atoms. The van der Waals surface area contributed by atoms with Gasteiger partial charge in [0.25, 0.3) is 5.91 Å². The number of amides is 1. The van der Waals surface area contributed by atoms with Crippen LogP contribution in [0.15, 0.2) is 12.1 Å². The number of methoxy groups -OCH3 is 1. The zero-order valence-corrected chi connectivity index (χ0v) is 10.3. The summed E-state index contributed by atoms with van der Waals surface area (Å²) in [5.41, 5.74) is 0.307. The molecule has 0 spiro atoms. The van der Waals surface area contributed by atoms with Gasteiger partial charge in [-0.05, 0) is 18.9 Å². The predicted molar refractivity (Wildman–Crippen MR) is 62.5 cm³/mol. The highest BCUT2D eigenvalue weighted by Gasteiger charge is 2.27. The zero-order valence-electron chi connectivity index (χ0n) is 10.3. The Balaban J connectivity index is 2.31. The number of aromatic nitrogens is 1. The van der Waals surface area contributed by atoms with Crippen LogP contribution in [0.1, 0.15) is 23.3 Å². The standard InChI is InChI=1S/C12H16N2O3/c1-14(2)12(15)11-9(17-8-4-5-8)6-7-10(13-11)16-3/h6-8H,4-5H2,1-3H3. The molecule has 1 aliphatic carbocycles. The Morgan fingerprint density at radius 2 is 2.12 bits per heavy atom. The van der Waals surface area contributed by atoms with Gasteiger partial charge in [0.2, 0.25) is 5.88 Å². The fourth-order valence-electron chi connectivity index (χ4n) is 1.37. The van der Waals surface area contributed by atoms with Crippen LogP contribution in [0.3, 0.4) is 0 Å². The summed E-state index contributed by atoms with van der Waals surface area (Å²) in [6.45, 7) is 0. The van der Waals surface area contributed by atoms with E-state index in [0.29, 0.717) is 17.3 Å². The summed E-state index contributed by atoms with van der Waals surface area (Å²) >= 11 is 0. The van der Waals surface area contributed by atoms with Crippen LogP contribution in [0.2, 0.25) is 0 Å². The molecular formula is C12H16N2O3. The minimum atomic E-state index is -0.181. The largest absolute Gasteiger partial charge is 0.488 e. The van der Waals surface area contributed by atoms with E-state index >= 15 is 0 Å². The van der Waals surface area contributed by atoms with E-state index in [1.165, 1.54) is 12.0 Å². The van der Waals surface area contributed by atoms with Crippen molar-refractivity contribution in [3.63, 3.8) is 0 Å². The lowest BCUT2D eigenvalue weighted by molar-refractivity contribution is 0.0815. The van der Waals surface area contributed by atoms with Crippen LogP contribution in [-0.2, 0) is 0 Å². The quantitative estimate of drug-likeness (QED) is 0.791. The summed E-state index contributed by atoms with van der Waals surface area (Å²) in [7, 11) is 4.89. The highest BCUT2D eigenvalue weighted by atomic mass is 16.5. The second-order valence-corrected chi connectivity index (χ2v) is 4.22.